The predicted molar refractivity (Wildman–Crippen MR) is 128 cm³/mol. The van der Waals surface area contributed by atoms with E-state index in [0.717, 1.165) is 23.7 Å². The van der Waals surface area contributed by atoms with Gasteiger partial charge in [0, 0.05) is 13.0 Å². The fraction of sp³-hybridized carbons (Fsp3) is 0.900. The minimum atomic E-state index is -3.84. The Kier molecular flexibility index (Phi) is 22.6. The number of aliphatic carboxylic acids is 1. The maximum Gasteiger partial charge on any atom is 0.321 e. The summed E-state index contributed by atoms with van der Waals surface area (Å²) in [6.45, 7) is 4.35. The van der Waals surface area contributed by atoms with Gasteiger partial charge >= 0.3 is 100 Å². The Bertz CT molecular complexity index is 626. The van der Waals surface area contributed by atoms with Gasteiger partial charge in [-0.15, -0.1) is 0 Å². The van der Waals surface area contributed by atoms with Crippen molar-refractivity contribution in [2.75, 3.05) is 78.7 Å². The second-order valence-electron chi connectivity index (χ2n) is 7.20. The summed E-state index contributed by atoms with van der Waals surface area (Å²) in [4.78, 5) is 23.1. The van der Waals surface area contributed by atoms with Crippen molar-refractivity contribution in [1.82, 2.24) is 15.4 Å². The first kappa shape index (κ1) is 33.5. The van der Waals surface area contributed by atoms with E-state index in [1.807, 2.05) is 0 Å². The molecule has 12 nitrogen and oxygen atoms in total. The largest absolute Gasteiger partial charge is 0.480 e. The van der Waals surface area contributed by atoms with Gasteiger partial charge in [0.15, 0.2) is 0 Å². The number of ether oxygens (including phenoxy) is 4. The van der Waals surface area contributed by atoms with Crippen LogP contribution in [0.1, 0.15) is 25.7 Å². The monoisotopic (exact) mass is 707 g/mol. The zero-order valence-corrected chi connectivity index (χ0v) is 24.3. The third-order valence-electron chi connectivity index (χ3n) is 4.31. The van der Waals surface area contributed by atoms with Gasteiger partial charge in [-0.25, -0.2) is 13.1 Å². The molecule has 0 aliphatic rings. The van der Waals surface area contributed by atoms with E-state index in [0.29, 0.717) is 46.1 Å². The van der Waals surface area contributed by atoms with Crippen molar-refractivity contribution in [3.8, 4) is 0 Å². The van der Waals surface area contributed by atoms with Gasteiger partial charge in [-0.3, -0.25) is 9.59 Å². The number of carbonyl (C=O) groups excluding carboxylic acids is 1. The van der Waals surface area contributed by atoms with Crippen molar-refractivity contribution < 1.29 is 42.1 Å². The normalized spacial score (nSPS) is 12.5. The average molecular weight is 708 g/mol. The molecule has 0 saturated carbocycles. The maximum atomic E-state index is 12.1. The molecule has 0 aliphatic carbocycles. The van der Waals surface area contributed by atoms with Crippen molar-refractivity contribution in [2.45, 2.75) is 35.9 Å². The molecule has 0 rings (SSSR count). The summed E-state index contributed by atoms with van der Waals surface area (Å²) in [6, 6.07) is -1.18. The molecule has 200 valence electrons. The summed E-state index contributed by atoms with van der Waals surface area (Å²) in [5.41, 5.74) is 0. The number of sulfonamides is 1. The zero-order valence-electron chi connectivity index (χ0n) is 20.0. The quantitative estimate of drug-likeness (QED) is 0.0678. The predicted octanol–water partition coefficient (Wildman–Crippen LogP) is -1.09. The molecule has 0 heterocycles. The van der Waals surface area contributed by atoms with E-state index in [9.17, 15) is 23.1 Å². The minimum absolute atomic E-state index is 0.0829. The molecule has 0 aromatic carbocycles. The number of unbranched alkanes of at least 4 members (excludes halogenated alkanes) is 1. The molecule has 4 N–H and O–H groups in total. The van der Waals surface area contributed by atoms with Crippen LogP contribution >= 0.6 is 0 Å². The topological polar surface area (TPSA) is 162 Å². The Morgan fingerprint density at radius 2 is 1.44 bits per heavy atom. The molecule has 0 unspecified atom stereocenters. The average Bonchev–Trinajstić information content (AvgIpc) is 2.78. The standard InChI is InChI=1S/C20H40N3O9S.Bi/c1-3-29-11-12-31-15-16-32-14-13-30-10-7-19(24)22-9-17-33(27,28)23-18(20(25)26)6-4-5-8-21-2;/h18,21,23H,1,3-17H2,2H3,(H,22,24)(H,25,26);/t18-;/m0./s1. The number of carboxylic acids is 1. The summed E-state index contributed by atoms with van der Waals surface area (Å²) >= 11 is 1.32. The zero-order chi connectivity index (χ0) is 25.5. The van der Waals surface area contributed by atoms with Crippen LogP contribution in [0.15, 0.2) is 0 Å². The first-order chi connectivity index (χ1) is 16.3. The molecule has 0 saturated heterocycles. The van der Waals surface area contributed by atoms with Crippen molar-refractivity contribution in [2.24, 2.45) is 0 Å². The van der Waals surface area contributed by atoms with Crippen LogP contribution in [0.5, 0.6) is 0 Å². The molecule has 1 atom stereocenters. The van der Waals surface area contributed by atoms with E-state index in [-0.39, 0.29) is 31.9 Å². The van der Waals surface area contributed by atoms with Gasteiger partial charge in [0.25, 0.3) is 0 Å². The van der Waals surface area contributed by atoms with Crippen LogP contribution in [0.3, 0.4) is 0 Å². The minimum Gasteiger partial charge on any atom is -0.480 e. The Labute approximate surface area is 218 Å². The Morgan fingerprint density at radius 3 is 1.97 bits per heavy atom. The fourth-order valence-corrected chi connectivity index (χ4v) is 4.21. The first-order valence-corrected chi connectivity index (χ1v) is 15.5. The Balaban J connectivity index is 3.75. The van der Waals surface area contributed by atoms with Gasteiger partial charge in [0.1, 0.15) is 6.04 Å². The van der Waals surface area contributed by atoms with Crippen molar-refractivity contribution >= 4 is 46.6 Å². The smallest absolute Gasteiger partial charge is 0.321 e. The molecular weight excluding hydrogens is 667 g/mol. The molecule has 2 radical (unpaired) electrons. The summed E-state index contributed by atoms with van der Waals surface area (Å²) in [5, 5.41) is 14.7. The van der Waals surface area contributed by atoms with E-state index in [2.05, 4.69) is 15.4 Å². The maximum absolute atomic E-state index is 12.1. The van der Waals surface area contributed by atoms with Gasteiger partial charge in [0.2, 0.25) is 15.9 Å². The number of amides is 1. The number of nitrogens with one attached hydrogen (secondary N) is 3. The molecule has 0 aromatic heterocycles. The second kappa shape index (κ2) is 23.0. The van der Waals surface area contributed by atoms with E-state index in [1.54, 1.807) is 7.05 Å². The van der Waals surface area contributed by atoms with Crippen LogP contribution < -0.4 is 15.4 Å². The Hall–Kier alpha value is -0.467. The van der Waals surface area contributed by atoms with E-state index < -0.39 is 27.8 Å². The second-order valence-corrected chi connectivity index (χ2v) is 10.8. The first-order valence-electron chi connectivity index (χ1n) is 11.4. The van der Waals surface area contributed by atoms with E-state index in [1.165, 1.54) is 24.7 Å². The number of carboxylic acid groups (broad SMARTS) is 1. The van der Waals surface area contributed by atoms with Crippen LogP contribution in [-0.4, -0.2) is 135 Å². The van der Waals surface area contributed by atoms with Gasteiger partial charge in [-0.05, 0) is 26.4 Å². The van der Waals surface area contributed by atoms with Crippen molar-refractivity contribution in [3.63, 3.8) is 0 Å². The summed E-state index contributed by atoms with van der Waals surface area (Å²) in [6.07, 6.45) is 1.60. The molecule has 0 bridgehead atoms. The molecule has 0 fully saturated rings. The molecule has 34 heavy (non-hydrogen) atoms. The summed E-state index contributed by atoms with van der Waals surface area (Å²) < 4.78 is 48.8. The fourth-order valence-electron chi connectivity index (χ4n) is 2.56. The van der Waals surface area contributed by atoms with Crippen LogP contribution in [0, 0.1) is 0 Å². The number of hydrogen-bond donors (Lipinski definition) is 4. The van der Waals surface area contributed by atoms with Crippen molar-refractivity contribution in [3.05, 3.63) is 0 Å². The molecular formula is C20H40BiN3O9S. The van der Waals surface area contributed by atoms with Crippen LogP contribution in [-0.2, 0) is 38.6 Å². The molecule has 0 aromatic rings. The Morgan fingerprint density at radius 1 is 0.882 bits per heavy atom. The van der Waals surface area contributed by atoms with Crippen LogP contribution in [0.25, 0.3) is 0 Å². The van der Waals surface area contributed by atoms with Gasteiger partial charge in [-0.2, -0.15) is 0 Å². The summed E-state index contributed by atoms with van der Waals surface area (Å²) in [7, 11) is -2.05. The van der Waals surface area contributed by atoms with E-state index >= 15 is 0 Å². The number of carbonyl (C=O) groups is 2. The van der Waals surface area contributed by atoms with Crippen LogP contribution in [0.4, 0.5) is 0 Å². The molecule has 1 amide bonds. The number of hydrogen-bond acceptors (Lipinski definition) is 9. The number of rotatable bonds is 25. The van der Waals surface area contributed by atoms with E-state index in [4.69, 9.17) is 18.9 Å². The van der Waals surface area contributed by atoms with Crippen LogP contribution in [0.2, 0.25) is 4.13 Å². The van der Waals surface area contributed by atoms with Crippen molar-refractivity contribution in [1.29, 1.82) is 0 Å². The SMILES string of the molecule is CNCCCC[C@H](NS(=O)(=O)CCNC(=O)CCOCCOCCOCCOC[CH2][Bi])C(=O)O. The molecule has 0 aliphatic heterocycles. The third-order valence-corrected chi connectivity index (χ3v) is 6.40. The molecule has 0 spiro atoms. The van der Waals surface area contributed by atoms with Gasteiger partial charge in [0.05, 0.1) is 12.4 Å². The van der Waals surface area contributed by atoms with Gasteiger partial charge in [-0.1, -0.05) is 6.42 Å². The summed E-state index contributed by atoms with van der Waals surface area (Å²) in [5.74, 6) is -1.97. The third kappa shape index (κ3) is 22.0. The molecule has 14 heteroatoms. The van der Waals surface area contributed by atoms with Gasteiger partial charge < -0.3 is 15.7 Å².